The maximum Gasteiger partial charge on any atom is 0.267 e. The van der Waals surface area contributed by atoms with Crippen molar-refractivity contribution in [1.29, 1.82) is 0 Å². The lowest BCUT2D eigenvalue weighted by molar-refractivity contribution is -0.117. The van der Waals surface area contributed by atoms with Gasteiger partial charge >= 0.3 is 0 Å². The molecular weight excluding hydrogens is 432 g/mol. The highest BCUT2D eigenvalue weighted by molar-refractivity contribution is 7.22. The molecule has 0 spiro atoms. The largest absolute Gasteiger partial charge is 0.493 e. The number of fused-ring (bicyclic) bond motifs is 1. The zero-order valence-electron chi connectivity index (χ0n) is 17.6. The molecule has 2 aromatic carbocycles. The summed E-state index contributed by atoms with van der Waals surface area (Å²) in [4.78, 5) is 29.2. The minimum absolute atomic E-state index is 0.257. The summed E-state index contributed by atoms with van der Waals surface area (Å²) in [5.74, 6) is 0.952. The third-order valence-corrected chi connectivity index (χ3v) is 5.61. The van der Waals surface area contributed by atoms with E-state index in [4.69, 9.17) is 14.2 Å². The predicted molar refractivity (Wildman–Crippen MR) is 122 cm³/mol. The topological polar surface area (TPSA) is 105 Å². The minimum Gasteiger partial charge on any atom is -0.493 e. The van der Waals surface area contributed by atoms with E-state index >= 15 is 0 Å². The molecule has 4 aromatic rings. The molecule has 164 valence electrons. The number of nitrogens with one attached hydrogen (secondary N) is 1. The van der Waals surface area contributed by atoms with Gasteiger partial charge in [-0.2, -0.15) is 5.10 Å². The number of aromatic nitrogens is 3. The van der Waals surface area contributed by atoms with E-state index in [0.29, 0.717) is 33.6 Å². The third kappa shape index (κ3) is 4.26. The zero-order chi connectivity index (χ0) is 22.7. The number of para-hydroxylation sites is 1. The molecule has 1 N–H and O–H groups in total. The highest BCUT2D eigenvalue weighted by Crippen LogP contribution is 2.40. The Labute approximate surface area is 187 Å². The predicted octanol–water partition coefficient (Wildman–Crippen LogP) is 3.18. The van der Waals surface area contributed by atoms with E-state index in [-0.39, 0.29) is 6.54 Å². The molecule has 0 saturated carbocycles. The number of amides is 1. The second-order valence-electron chi connectivity index (χ2n) is 6.66. The van der Waals surface area contributed by atoms with Crippen LogP contribution in [0.2, 0.25) is 0 Å². The molecule has 0 fully saturated rings. The van der Waals surface area contributed by atoms with Gasteiger partial charge in [-0.1, -0.05) is 23.5 Å². The Kier molecular flexibility index (Phi) is 6.04. The lowest BCUT2D eigenvalue weighted by atomic mass is 10.1. The van der Waals surface area contributed by atoms with Crippen LogP contribution in [0.1, 0.15) is 0 Å². The summed E-state index contributed by atoms with van der Waals surface area (Å²) in [6, 6.07) is 14.0. The first-order valence-electron chi connectivity index (χ1n) is 9.56. The SMILES string of the molecule is COc1cc(-c2ccc(=O)n(CC(=O)Nc3nc4ccccc4s3)n2)cc(OC)c1OC. The van der Waals surface area contributed by atoms with Gasteiger partial charge in [0.05, 0.1) is 37.2 Å². The number of hydrogen-bond acceptors (Lipinski definition) is 8. The summed E-state index contributed by atoms with van der Waals surface area (Å²) in [5.41, 5.74) is 1.50. The number of nitrogens with zero attached hydrogens (tertiary/aromatic N) is 3. The van der Waals surface area contributed by atoms with Crippen molar-refractivity contribution in [1.82, 2.24) is 14.8 Å². The molecule has 4 rings (SSSR count). The van der Waals surface area contributed by atoms with E-state index in [2.05, 4.69) is 15.4 Å². The average molecular weight is 452 g/mol. The van der Waals surface area contributed by atoms with E-state index in [0.717, 1.165) is 14.9 Å². The first-order valence-corrected chi connectivity index (χ1v) is 10.4. The van der Waals surface area contributed by atoms with Gasteiger partial charge in [-0.3, -0.25) is 9.59 Å². The number of benzene rings is 2. The van der Waals surface area contributed by atoms with Crippen LogP contribution < -0.4 is 25.1 Å². The van der Waals surface area contributed by atoms with Crippen molar-refractivity contribution >= 4 is 32.6 Å². The lowest BCUT2D eigenvalue weighted by Crippen LogP contribution is -2.29. The normalized spacial score (nSPS) is 10.7. The molecule has 10 heteroatoms. The van der Waals surface area contributed by atoms with Crippen LogP contribution in [0.15, 0.2) is 53.3 Å². The fourth-order valence-corrected chi connectivity index (χ4v) is 4.05. The van der Waals surface area contributed by atoms with Crippen LogP contribution in [-0.2, 0) is 11.3 Å². The quantitative estimate of drug-likeness (QED) is 0.459. The number of methoxy groups -OCH3 is 3. The van der Waals surface area contributed by atoms with Gasteiger partial charge in [0.1, 0.15) is 6.54 Å². The van der Waals surface area contributed by atoms with E-state index in [9.17, 15) is 9.59 Å². The van der Waals surface area contributed by atoms with Crippen molar-refractivity contribution in [3.05, 3.63) is 58.9 Å². The lowest BCUT2D eigenvalue weighted by Gasteiger charge is -2.14. The summed E-state index contributed by atoms with van der Waals surface area (Å²) < 4.78 is 18.2. The Bertz CT molecular complexity index is 1290. The molecule has 0 saturated heterocycles. The van der Waals surface area contributed by atoms with Gasteiger partial charge in [0.2, 0.25) is 11.7 Å². The zero-order valence-corrected chi connectivity index (χ0v) is 18.4. The van der Waals surface area contributed by atoms with E-state index in [1.165, 1.54) is 38.7 Å². The fourth-order valence-electron chi connectivity index (χ4n) is 3.17. The van der Waals surface area contributed by atoms with Gasteiger partial charge in [0.15, 0.2) is 16.6 Å². The van der Waals surface area contributed by atoms with E-state index in [1.807, 2.05) is 24.3 Å². The Hall–Kier alpha value is -3.92. The van der Waals surface area contributed by atoms with E-state index < -0.39 is 11.5 Å². The molecule has 0 unspecified atom stereocenters. The highest BCUT2D eigenvalue weighted by atomic mass is 32.1. The summed E-state index contributed by atoms with van der Waals surface area (Å²) in [7, 11) is 4.55. The summed E-state index contributed by atoms with van der Waals surface area (Å²) in [5, 5.41) is 7.54. The highest BCUT2D eigenvalue weighted by Gasteiger charge is 2.16. The van der Waals surface area contributed by atoms with Gasteiger partial charge < -0.3 is 19.5 Å². The van der Waals surface area contributed by atoms with Crippen LogP contribution in [0.25, 0.3) is 21.5 Å². The third-order valence-electron chi connectivity index (χ3n) is 4.66. The van der Waals surface area contributed by atoms with Crippen molar-refractivity contribution < 1.29 is 19.0 Å². The number of thiazole rings is 1. The Morgan fingerprint density at radius 2 is 1.75 bits per heavy atom. The first kappa shape index (κ1) is 21.3. The molecule has 0 aliphatic heterocycles. The van der Waals surface area contributed by atoms with Crippen LogP contribution in [0.5, 0.6) is 17.2 Å². The Morgan fingerprint density at radius 1 is 1.03 bits per heavy atom. The van der Waals surface area contributed by atoms with Crippen molar-refractivity contribution in [3.8, 4) is 28.5 Å². The van der Waals surface area contributed by atoms with Gasteiger partial charge in [0, 0.05) is 11.6 Å². The number of hydrogen-bond donors (Lipinski definition) is 1. The van der Waals surface area contributed by atoms with Gasteiger partial charge in [-0.15, -0.1) is 0 Å². The van der Waals surface area contributed by atoms with Crippen molar-refractivity contribution in [3.63, 3.8) is 0 Å². The monoisotopic (exact) mass is 452 g/mol. The van der Waals surface area contributed by atoms with Crippen LogP contribution in [0, 0.1) is 0 Å². The molecule has 1 amide bonds. The molecule has 0 atom stereocenters. The number of carbonyl (C=O) groups is 1. The van der Waals surface area contributed by atoms with Crippen LogP contribution >= 0.6 is 11.3 Å². The van der Waals surface area contributed by atoms with Crippen molar-refractivity contribution in [2.24, 2.45) is 0 Å². The first-order chi connectivity index (χ1) is 15.5. The van der Waals surface area contributed by atoms with Crippen LogP contribution in [0.3, 0.4) is 0 Å². The number of rotatable bonds is 7. The second kappa shape index (κ2) is 9.06. The number of ether oxygens (including phenoxy) is 3. The van der Waals surface area contributed by atoms with E-state index in [1.54, 1.807) is 18.2 Å². The average Bonchev–Trinajstić information content (AvgIpc) is 3.21. The van der Waals surface area contributed by atoms with Gasteiger partial charge in [0.25, 0.3) is 5.56 Å². The molecule has 32 heavy (non-hydrogen) atoms. The molecular formula is C22H20N4O5S. The molecule has 2 heterocycles. The fraction of sp³-hybridized carbons (Fsp3) is 0.182. The molecule has 0 aliphatic carbocycles. The second-order valence-corrected chi connectivity index (χ2v) is 7.69. The Balaban J connectivity index is 1.60. The molecule has 2 aromatic heterocycles. The van der Waals surface area contributed by atoms with Crippen molar-refractivity contribution in [2.45, 2.75) is 6.54 Å². The summed E-state index contributed by atoms with van der Waals surface area (Å²) >= 11 is 1.36. The van der Waals surface area contributed by atoms with Gasteiger partial charge in [-0.05, 0) is 30.3 Å². The molecule has 9 nitrogen and oxygen atoms in total. The maximum absolute atomic E-state index is 12.5. The smallest absolute Gasteiger partial charge is 0.267 e. The summed E-state index contributed by atoms with van der Waals surface area (Å²) in [6.45, 7) is -0.257. The standard InChI is InChI=1S/C22H20N4O5S/c1-29-16-10-13(11-17(30-2)21(16)31-3)14-8-9-20(28)26(25-14)12-19(27)24-22-23-15-6-4-5-7-18(15)32-22/h4-11H,12H2,1-3H3,(H,23,24,27). The van der Waals surface area contributed by atoms with Crippen molar-refractivity contribution in [2.75, 3.05) is 26.6 Å². The summed E-state index contributed by atoms with van der Waals surface area (Å²) in [6.07, 6.45) is 0. The van der Waals surface area contributed by atoms with Crippen LogP contribution in [0.4, 0.5) is 5.13 Å². The van der Waals surface area contributed by atoms with Crippen LogP contribution in [-0.4, -0.2) is 42.0 Å². The number of anilines is 1. The number of carbonyl (C=O) groups excluding carboxylic acids is 1. The Morgan fingerprint density at radius 3 is 2.41 bits per heavy atom. The van der Waals surface area contributed by atoms with Gasteiger partial charge in [-0.25, -0.2) is 9.67 Å². The molecule has 0 bridgehead atoms. The molecule has 0 radical (unpaired) electrons. The maximum atomic E-state index is 12.5. The molecule has 0 aliphatic rings. The minimum atomic E-state index is -0.402.